The van der Waals surface area contributed by atoms with Crippen LogP contribution in [0.2, 0.25) is 0 Å². The van der Waals surface area contributed by atoms with Crippen molar-refractivity contribution in [1.29, 1.82) is 0 Å². The van der Waals surface area contributed by atoms with Crippen molar-refractivity contribution in [1.82, 2.24) is 4.72 Å². The average molecular weight is 335 g/mol. The SMILES string of the molecule is CCC(C)(CC)NS(=O)(=O)c1ccc(N)c(Br)c1. The second-order valence-electron chi connectivity index (χ2n) is 4.56. The van der Waals surface area contributed by atoms with Crippen molar-refractivity contribution < 1.29 is 8.42 Å². The Morgan fingerprint density at radius 3 is 2.33 bits per heavy atom. The molecule has 0 saturated heterocycles. The van der Waals surface area contributed by atoms with Gasteiger partial charge in [-0.1, -0.05) is 13.8 Å². The van der Waals surface area contributed by atoms with Gasteiger partial charge in [0.2, 0.25) is 10.0 Å². The summed E-state index contributed by atoms with van der Waals surface area (Å²) in [7, 11) is -3.52. The van der Waals surface area contributed by atoms with Crippen LogP contribution in [-0.4, -0.2) is 14.0 Å². The molecule has 4 nitrogen and oxygen atoms in total. The van der Waals surface area contributed by atoms with Crippen molar-refractivity contribution in [3.8, 4) is 0 Å². The van der Waals surface area contributed by atoms with Gasteiger partial charge >= 0.3 is 0 Å². The summed E-state index contributed by atoms with van der Waals surface area (Å²) in [6.45, 7) is 5.83. The summed E-state index contributed by atoms with van der Waals surface area (Å²) in [6, 6.07) is 4.60. The van der Waals surface area contributed by atoms with Gasteiger partial charge in [0.15, 0.2) is 0 Å². The number of nitrogens with two attached hydrogens (primary N) is 1. The number of halogens is 1. The first-order valence-corrected chi connectivity index (χ1v) is 8.10. The molecule has 0 unspecified atom stereocenters. The summed E-state index contributed by atoms with van der Waals surface area (Å²) in [6.07, 6.45) is 1.47. The first kappa shape index (κ1) is 15.5. The molecule has 0 saturated carbocycles. The summed E-state index contributed by atoms with van der Waals surface area (Å²) in [5.74, 6) is 0. The molecule has 0 aliphatic carbocycles. The Balaban J connectivity index is 3.10. The predicted octanol–water partition coefficient (Wildman–Crippen LogP) is 2.89. The van der Waals surface area contributed by atoms with Crippen LogP contribution in [0.3, 0.4) is 0 Å². The highest BCUT2D eigenvalue weighted by molar-refractivity contribution is 9.10. The quantitative estimate of drug-likeness (QED) is 0.813. The fourth-order valence-electron chi connectivity index (χ4n) is 1.45. The normalized spacial score (nSPS) is 12.7. The van der Waals surface area contributed by atoms with Crippen molar-refractivity contribution in [2.75, 3.05) is 5.73 Å². The molecule has 18 heavy (non-hydrogen) atoms. The van der Waals surface area contributed by atoms with Crippen LogP contribution in [-0.2, 0) is 10.0 Å². The van der Waals surface area contributed by atoms with Crippen LogP contribution in [0, 0.1) is 0 Å². The second kappa shape index (κ2) is 5.59. The minimum atomic E-state index is -3.52. The highest BCUT2D eigenvalue weighted by Gasteiger charge is 2.27. The van der Waals surface area contributed by atoms with Crippen LogP contribution in [0.5, 0.6) is 0 Å². The lowest BCUT2D eigenvalue weighted by molar-refractivity contribution is 0.388. The van der Waals surface area contributed by atoms with E-state index in [0.29, 0.717) is 10.2 Å². The third-order valence-corrected chi connectivity index (χ3v) is 5.55. The maximum Gasteiger partial charge on any atom is 0.241 e. The number of nitrogens with one attached hydrogen (secondary N) is 1. The van der Waals surface area contributed by atoms with E-state index in [-0.39, 0.29) is 4.90 Å². The minimum absolute atomic E-state index is 0.219. The Morgan fingerprint density at radius 1 is 1.33 bits per heavy atom. The molecule has 0 bridgehead atoms. The first-order valence-electron chi connectivity index (χ1n) is 5.83. The van der Waals surface area contributed by atoms with Gasteiger partial charge in [-0.15, -0.1) is 0 Å². The third-order valence-electron chi connectivity index (χ3n) is 3.22. The van der Waals surface area contributed by atoms with Crippen LogP contribution in [0.1, 0.15) is 33.6 Å². The molecule has 0 aliphatic heterocycles. The van der Waals surface area contributed by atoms with E-state index in [4.69, 9.17) is 5.73 Å². The molecule has 0 heterocycles. The summed E-state index contributed by atoms with van der Waals surface area (Å²) in [5.41, 5.74) is 5.74. The van der Waals surface area contributed by atoms with Gasteiger partial charge in [0.1, 0.15) is 0 Å². The van der Waals surface area contributed by atoms with Gasteiger partial charge in [0.05, 0.1) is 4.90 Å². The molecule has 0 radical (unpaired) electrons. The number of benzene rings is 1. The molecule has 1 rings (SSSR count). The van der Waals surface area contributed by atoms with Gasteiger partial charge < -0.3 is 5.73 Å². The van der Waals surface area contributed by atoms with Crippen LogP contribution >= 0.6 is 15.9 Å². The van der Waals surface area contributed by atoms with E-state index in [9.17, 15) is 8.42 Å². The van der Waals surface area contributed by atoms with Crippen molar-refractivity contribution in [3.05, 3.63) is 22.7 Å². The number of sulfonamides is 1. The largest absolute Gasteiger partial charge is 0.398 e. The van der Waals surface area contributed by atoms with Crippen molar-refractivity contribution in [3.63, 3.8) is 0 Å². The lowest BCUT2D eigenvalue weighted by atomic mass is 9.98. The zero-order chi connectivity index (χ0) is 14.0. The van der Waals surface area contributed by atoms with E-state index in [0.717, 1.165) is 12.8 Å². The van der Waals surface area contributed by atoms with E-state index in [2.05, 4.69) is 20.7 Å². The standard InChI is InChI=1S/C12H19BrN2O2S/c1-4-12(3,5-2)15-18(16,17)9-6-7-11(14)10(13)8-9/h6-8,15H,4-5,14H2,1-3H3. The Kier molecular flexibility index (Phi) is 4.80. The number of anilines is 1. The van der Waals surface area contributed by atoms with E-state index >= 15 is 0 Å². The fraction of sp³-hybridized carbons (Fsp3) is 0.500. The van der Waals surface area contributed by atoms with Crippen molar-refractivity contribution in [2.24, 2.45) is 0 Å². The number of rotatable bonds is 5. The lowest BCUT2D eigenvalue weighted by Crippen LogP contribution is -2.44. The monoisotopic (exact) mass is 334 g/mol. The van der Waals surface area contributed by atoms with Gasteiger partial charge in [-0.05, 0) is 53.9 Å². The molecule has 0 atom stereocenters. The summed E-state index contributed by atoms with van der Waals surface area (Å²) in [5, 5.41) is 0. The Morgan fingerprint density at radius 2 is 1.89 bits per heavy atom. The summed E-state index contributed by atoms with van der Waals surface area (Å²) in [4.78, 5) is 0.219. The number of hydrogen-bond acceptors (Lipinski definition) is 3. The fourth-order valence-corrected chi connectivity index (χ4v) is 3.56. The topological polar surface area (TPSA) is 72.2 Å². The number of nitrogen functional groups attached to an aromatic ring is 1. The third kappa shape index (κ3) is 3.46. The first-order chi connectivity index (χ1) is 8.24. The number of hydrogen-bond donors (Lipinski definition) is 2. The molecule has 0 spiro atoms. The highest BCUT2D eigenvalue weighted by Crippen LogP contribution is 2.25. The molecule has 0 fully saturated rings. The van der Waals surface area contributed by atoms with Gasteiger partial charge in [0, 0.05) is 15.7 Å². The molecule has 1 aromatic carbocycles. The molecular formula is C12H19BrN2O2S. The molecule has 1 aromatic rings. The van der Waals surface area contributed by atoms with E-state index in [1.165, 1.54) is 12.1 Å². The van der Waals surface area contributed by atoms with Crippen LogP contribution in [0.15, 0.2) is 27.6 Å². The zero-order valence-electron chi connectivity index (χ0n) is 10.8. The van der Waals surface area contributed by atoms with Crippen LogP contribution < -0.4 is 10.5 Å². The van der Waals surface area contributed by atoms with Gasteiger partial charge in [-0.3, -0.25) is 0 Å². The average Bonchev–Trinajstić information content (AvgIpc) is 2.32. The Labute approximate surface area is 117 Å². The molecule has 102 valence electrons. The molecule has 0 aromatic heterocycles. The smallest absolute Gasteiger partial charge is 0.241 e. The van der Waals surface area contributed by atoms with Crippen molar-refractivity contribution >= 4 is 31.6 Å². The van der Waals surface area contributed by atoms with Crippen LogP contribution in [0.4, 0.5) is 5.69 Å². The lowest BCUT2D eigenvalue weighted by Gasteiger charge is -2.27. The minimum Gasteiger partial charge on any atom is -0.398 e. The molecular weight excluding hydrogens is 316 g/mol. The Bertz CT molecular complexity index is 525. The van der Waals surface area contributed by atoms with Gasteiger partial charge in [-0.25, -0.2) is 13.1 Å². The van der Waals surface area contributed by atoms with E-state index < -0.39 is 15.6 Å². The maximum absolute atomic E-state index is 12.3. The van der Waals surface area contributed by atoms with Gasteiger partial charge in [0.25, 0.3) is 0 Å². The summed E-state index contributed by atoms with van der Waals surface area (Å²) >= 11 is 3.24. The van der Waals surface area contributed by atoms with Gasteiger partial charge in [-0.2, -0.15) is 0 Å². The molecule has 0 amide bonds. The summed E-state index contributed by atoms with van der Waals surface area (Å²) < 4.78 is 27.8. The Hall–Kier alpha value is -0.590. The molecule has 6 heteroatoms. The molecule has 0 aliphatic rings. The highest BCUT2D eigenvalue weighted by atomic mass is 79.9. The maximum atomic E-state index is 12.3. The molecule has 3 N–H and O–H groups in total. The van der Waals surface area contributed by atoms with E-state index in [1.54, 1.807) is 6.07 Å². The predicted molar refractivity (Wildman–Crippen MR) is 77.9 cm³/mol. The zero-order valence-corrected chi connectivity index (χ0v) is 13.2. The van der Waals surface area contributed by atoms with E-state index in [1.807, 2.05) is 20.8 Å². The second-order valence-corrected chi connectivity index (χ2v) is 7.09. The van der Waals surface area contributed by atoms with Crippen molar-refractivity contribution in [2.45, 2.75) is 44.0 Å². The van der Waals surface area contributed by atoms with Crippen LogP contribution in [0.25, 0.3) is 0 Å².